The average molecular weight is 479 g/mol. The smallest absolute Gasteiger partial charge is 0.242 e. The number of nitrogens with zero attached hydrogens (tertiary/aromatic N) is 1. The van der Waals surface area contributed by atoms with Gasteiger partial charge in [-0.15, -0.1) is 11.8 Å². The van der Waals surface area contributed by atoms with Gasteiger partial charge in [-0.3, -0.25) is 9.59 Å². The summed E-state index contributed by atoms with van der Waals surface area (Å²) in [7, 11) is 0. The van der Waals surface area contributed by atoms with Crippen molar-refractivity contribution in [1.29, 1.82) is 0 Å². The van der Waals surface area contributed by atoms with Crippen LogP contribution in [0.3, 0.4) is 0 Å². The zero-order chi connectivity index (χ0) is 23.5. The molecule has 0 bridgehead atoms. The molecule has 0 aliphatic carbocycles. The zero-order valence-electron chi connectivity index (χ0n) is 18.9. The van der Waals surface area contributed by atoms with Crippen LogP contribution in [0.2, 0.25) is 5.02 Å². The van der Waals surface area contributed by atoms with E-state index >= 15 is 0 Å². The van der Waals surface area contributed by atoms with Gasteiger partial charge < -0.3 is 10.2 Å². The molecule has 1 N–H and O–H groups in total. The number of thioether (sulfide) groups is 1. The van der Waals surface area contributed by atoms with Crippen molar-refractivity contribution >= 4 is 35.2 Å². The number of rotatable bonds is 12. The quantitative estimate of drug-likeness (QED) is 0.448. The second kappa shape index (κ2) is 13.5. The number of hydrogen-bond acceptors (Lipinski definition) is 3. The lowest BCUT2D eigenvalue weighted by molar-refractivity contribution is -0.138. The first-order valence-electron chi connectivity index (χ1n) is 10.9. The molecule has 0 aliphatic rings. The number of hydrogen-bond donors (Lipinski definition) is 1. The van der Waals surface area contributed by atoms with Gasteiger partial charge in [-0.25, -0.2) is 4.39 Å². The van der Waals surface area contributed by atoms with Gasteiger partial charge in [0.1, 0.15) is 11.9 Å². The molecule has 0 radical (unpaired) electrons. The van der Waals surface area contributed by atoms with Gasteiger partial charge in [0.25, 0.3) is 0 Å². The maximum absolute atomic E-state index is 14.0. The minimum absolute atomic E-state index is 0.134. The lowest BCUT2D eigenvalue weighted by atomic mass is 10.1. The summed E-state index contributed by atoms with van der Waals surface area (Å²) < 4.78 is 14.0. The topological polar surface area (TPSA) is 49.4 Å². The van der Waals surface area contributed by atoms with Gasteiger partial charge >= 0.3 is 0 Å². The summed E-state index contributed by atoms with van der Waals surface area (Å²) in [5.41, 5.74) is 1.50. The van der Waals surface area contributed by atoms with E-state index in [0.29, 0.717) is 48.2 Å². The summed E-state index contributed by atoms with van der Waals surface area (Å²) in [6, 6.07) is 13.9. The van der Waals surface area contributed by atoms with Gasteiger partial charge in [0.2, 0.25) is 11.8 Å². The van der Waals surface area contributed by atoms with E-state index in [1.54, 1.807) is 17.0 Å². The molecule has 174 valence electrons. The van der Waals surface area contributed by atoms with Crippen molar-refractivity contribution < 1.29 is 14.0 Å². The van der Waals surface area contributed by atoms with Crippen LogP contribution in [0.4, 0.5) is 4.39 Å². The van der Waals surface area contributed by atoms with Gasteiger partial charge in [0.15, 0.2) is 0 Å². The summed E-state index contributed by atoms with van der Waals surface area (Å²) in [6.07, 6.45) is 1.18. The maximum atomic E-state index is 14.0. The van der Waals surface area contributed by atoms with Crippen molar-refractivity contribution in [2.45, 2.75) is 45.4 Å². The van der Waals surface area contributed by atoms with E-state index in [2.05, 4.69) is 5.32 Å². The average Bonchev–Trinajstić information content (AvgIpc) is 2.77. The predicted octanol–water partition coefficient (Wildman–Crippen LogP) is 5.33. The van der Waals surface area contributed by atoms with Gasteiger partial charge in [-0.2, -0.15) is 0 Å². The summed E-state index contributed by atoms with van der Waals surface area (Å²) >= 11 is 7.40. The highest BCUT2D eigenvalue weighted by Gasteiger charge is 2.28. The summed E-state index contributed by atoms with van der Waals surface area (Å²) in [5.74, 6) is 0.117. The largest absolute Gasteiger partial charge is 0.354 e. The van der Waals surface area contributed by atoms with Crippen LogP contribution in [0.5, 0.6) is 0 Å². The molecule has 2 amide bonds. The maximum Gasteiger partial charge on any atom is 0.242 e. The van der Waals surface area contributed by atoms with Gasteiger partial charge in [0.05, 0.1) is 5.75 Å². The fourth-order valence-corrected chi connectivity index (χ4v) is 4.56. The molecule has 2 aromatic carbocycles. The highest BCUT2D eigenvalue weighted by molar-refractivity contribution is 7.99. The Kier molecular flexibility index (Phi) is 11.0. The second-order valence-electron chi connectivity index (χ2n) is 8.08. The minimum atomic E-state index is -0.539. The van der Waals surface area contributed by atoms with E-state index in [0.717, 1.165) is 5.56 Å². The molecule has 0 fully saturated rings. The van der Waals surface area contributed by atoms with Gasteiger partial charge in [-0.1, -0.05) is 68.8 Å². The SMILES string of the molecule is CC[C@@H](C(=O)NCC(C)C)N(CCc1ccccc1)C(=O)CSCc1c(F)cccc1Cl. The number of nitrogens with one attached hydrogen (secondary N) is 1. The summed E-state index contributed by atoms with van der Waals surface area (Å²) in [4.78, 5) is 27.7. The fourth-order valence-electron chi connectivity index (χ4n) is 3.31. The molecule has 0 aliphatic heterocycles. The van der Waals surface area contributed by atoms with Crippen LogP contribution in [-0.2, 0) is 21.8 Å². The van der Waals surface area contributed by atoms with Crippen molar-refractivity contribution in [2.24, 2.45) is 5.92 Å². The fraction of sp³-hybridized carbons (Fsp3) is 0.440. The van der Waals surface area contributed by atoms with E-state index < -0.39 is 6.04 Å². The lowest BCUT2D eigenvalue weighted by Gasteiger charge is -2.31. The molecule has 0 aromatic heterocycles. The van der Waals surface area contributed by atoms with Crippen molar-refractivity contribution in [3.63, 3.8) is 0 Å². The first kappa shape index (κ1) is 26.2. The second-order valence-corrected chi connectivity index (χ2v) is 9.47. The third-order valence-electron chi connectivity index (χ3n) is 5.09. The third kappa shape index (κ3) is 8.14. The normalized spacial score (nSPS) is 11.9. The molecule has 0 heterocycles. The van der Waals surface area contributed by atoms with Crippen LogP contribution in [0.15, 0.2) is 48.5 Å². The van der Waals surface area contributed by atoms with E-state index in [1.165, 1.54) is 17.8 Å². The van der Waals surface area contributed by atoms with Crippen LogP contribution in [-0.4, -0.2) is 41.6 Å². The molecule has 4 nitrogen and oxygen atoms in total. The van der Waals surface area contributed by atoms with Crippen LogP contribution in [0.1, 0.15) is 38.3 Å². The van der Waals surface area contributed by atoms with Gasteiger partial charge in [0, 0.05) is 29.4 Å². The number of benzene rings is 2. The Morgan fingerprint density at radius 1 is 1.12 bits per heavy atom. The molecular weight excluding hydrogens is 447 g/mol. The molecule has 7 heteroatoms. The first-order chi connectivity index (χ1) is 15.3. The summed E-state index contributed by atoms with van der Waals surface area (Å²) in [5, 5.41) is 3.31. The Hall–Kier alpha value is -2.05. The monoisotopic (exact) mass is 478 g/mol. The van der Waals surface area contributed by atoms with Crippen molar-refractivity contribution in [3.05, 3.63) is 70.5 Å². The Bertz CT molecular complexity index is 859. The molecule has 0 unspecified atom stereocenters. The van der Waals surface area contributed by atoms with Crippen LogP contribution in [0, 0.1) is 11.7 Å². The van der Waals surface area contributed by atoms with E-state index in [9.17, 15) is 14.0 Å². The summed E-state index contributed by atoms with van der Waals surface area (Å²) in [6.45, 7) is 6.98. The number of amides is 2. The van der Waals surface area contributed by atoms with Crippen molar-refractivity contribution in [2.75, 3.05) is 18.8 Å². The molecule has 1 atom stereocenters. The highest BCUT2D eigenvalue weighted by atomic mass is 35.5. The van der Waals surface area contributed by atoms with E-state index in [1.807, 2.05) is 51.1 Å². The number of carbonyl (C=O) groups is 2. The standard InChI is InChI=1S/C25H32ClFN2O2S/c1-4-23(25(31)28-15-18(2)3)29(14-13-19-9-6-5-7-10-19)24(30)17-32-16-20-21(26)11-8-12-22(20)27/h5-12,18,23H,4,13-17H2,1-3H3,(H,28,31)/t23-/m0/s1. The zero-order valence-corrected chi connectivity index (χ0v) is 20.5. The predicted molar refractivity (Wildman–Crippen MR) is 131 cm³/mol. The Morgan fingerprint density at radius 3 is 2.47 bits per heavy atom. The Morgan fingerprint density at radius 2 is 1.84 bits per heavy atom. The molecular formula is C25H32ClFN2O2S. The molecule has 0 saturated carbocycles. The molecule has 2 rings (SSSR count). The minimum Gasteiger partial charge on any atom is -0.354 e. The van der Waals surface area contributed by atoms with E-state index in [-0.39, 0.29) is 23.4 Å². The van der Waals surface area contributed by atoms with E-state index in [4.69, 9.17) is 11.6 Å². The number of carbonyl (C=O) groups excluding carboxylic acids is 2. The molecule has 0 saturated heterocycles. The lowest BCUT2D eigenvalue weighted by Crippen LogP contribution is -2.51. The molecule has 0 spiro atoms. The first-order valence-corrected chi connectivity index (χ1v) is 12.5. The van der Waals surface area contributed by atoms with Crippen molar-refractivity contribution in [1.82, 2.24) is 10.2 Å². The Balaban J connectivity index is 2.08. The number of halogens is 2. The third-order valence-corrected chi connectivity index (χ3v) is 6.39. The van der Waals surface area contributed by atoms with Gasteiger partial charge in [-0.05, 0) is 36.5 Å². The van der Waals surface area contributed by atoms with Crippen LogP contribution < -0.4 is 5.32 Å². The van der Waals surface area contributed by atoms with Crippen LogP contribution in [0.25, 0.3) is 0 Å². The highest BCUT2D eigenvalue weighted by Crippen LogP contribution is 2.24. The molecule has 2 aromatic rings. The van der Waals surface area contributed by atoms with Crippen LogP contribution >= 0.6 is 23.4 Å². The molecule has 32 heavy (non-hydrogen) atoms. The Labute approximate surface area is 199 Å². The van der Waals surface area contributed by atoms with Crippen molar-refractivity contribution in [3.8, 4) is 0 Å².